The molecule has 0 aliphatic rings. The number of rotatable bonds is 4. The lowest BCUT2D eigenvalue weighted by Gasteiger charge is -2.11. The third kappa shape index (κ3) is 4.42. The Morgan fingerprint density at radius 2 is 2.18 bits per heavy atom. The van der Waals surface area contributed by atoms with Crippen LogP contribution in [0.5, 0.6) is 0 Å². The molecule has 92 valence electrons. The Labute approximate surface area is 104 Å². The molecule has 1 atom stereocenters. The number of amides is 2. The van der Waals surface area contributed by atoms with Crippen LogP contribution in [-0.4, -0.2) is 23.5 Å². The van der Waals surface area contributed by atoms with Gasteiger partial charge in [-0.25, -0.2) is 0 Å². The molecule has 0 aromatic heterocycles. The Balaban J connectivity index is 2.42. The summed E-state index contributed by atoms with van der Waals surface area (Å²) in [7, 11) is 0. The fourth-order valence-electron chi connectivity index (χ4n) is 1.29. The predicted octanol–water partition coefficient (Wildman–Crippen LogP) is 0.365. The lowest BCUT2D eigenvalue weighted by Crippen LogP contribution is -2.36. The van der Waals surface area contributed by atoms with Crippen LogP contribution in [0.4, 0.5) is 0 Å². The second-order valence-corrected chi connectivity index (χ2v) is 3.92. The van der Waals surface area contributed by atoms with E-state index < -0.39 is 17.9 Å². The van der Waals surface area contributed by atoms with Crippen molar-refractivity contribution in [3.63, 3.8) is 0 Å². The van der Waals surface area contributed by atoms with Crippen LogP contribution in [0.15, 0.2) is 24.3 Å². The van der Waals surface area contributed by atoms with Gasteiger partial charge in [-0.05, 0) is 24.1 Å². The zero-order chi connectivity index (χ0) is 12.8. The summed E-state index contributed by atoms with van der Waals surface area (Å²) in [5.74, 6) is -1.90. The van der Waals surface area contributed by atoms with Gasteiger partial charge in [0.05, 0.1) is 6.10 Å². The molecule has 0 spiro atoms. The van der Waals surface area contributed by atoms with Gasteiger partial charge < -0.3 is 16.2 Å². The molecule has 4 N–H and O–H groups in total. The number of carbonyl (C=O) groups is 2. The van der Waals surface area contributed by atoms with Crippen LogP contribution in [0.1, 0.15) is 18.1 Å². The van der Waals surface area contributed by atoms with Crippen LogP contribution in [0, 0.1) is 0 Å². The first-order valence-corrected chi connectivity index (χ1v) is 5.39. The largest absolute Gasteiger partial charge is 0.388 e. The highest BCUT2D eigenvalue weighted by Crippen LogP contribution is 2.19. The predicted molar refractivity (Wildman–Crippen MR) is 63.2 cm³/mol. The van der Waals surface area contributed by atoms with E-state index in [4.69, 9.17) is 17.3 Å². The van der Waals surface area contributed by atoms with Crippen molar-refractivity contribution in [3.05, 3.63) is 34.9 Å². The molecule has 1 aromatic carbocycles. The summed E-state index contributed by atoms with van der Waals surface area (Å²) < 4.78 is 0. The first kappa shape index (κ1) is 13.5. The van der Waals surface area contributed by atoms with Gasteiger partial charge in [-0.1, -0.05) is 23.7 Å². The van der Waals surface area contributed by atoms with Gasteiger partial charge in [0, 0.05) is 11.6 Å². The van der Waals surface area contributed by atoms with Gasteiger partial charge in [0.2, 0.25) is 0 Å². The number of primary amides is 1. The maximum Gasteiger partial charge on any atom is 0.309 e. The first-order chi connectivity index (χ1) is 8.00. The highest BCUT2D eigenvalue weighted by molar-refractivity contribution is 6.34. The first-order valence-electron chi connectivity index (χ1n) is 5.02. The third-order valence-electron chi connectivity index (χ3n) is 2.16. The van der Waals surface area contributed by atoms with Gasteiger partial charge in [-0.2, -0.15) is 0 Å². The number of halogens is 1. The van der Waals surface area contributed by atoms with E-state index in [0.717, 1.165) is 0 Å². The van der Waals surface area contributed by atoms with Crippen LogP contribution in [0.25, 0.3) is 0 Å². The third-order valence-corrected chi connectivity index (χ3v) is 2.40. The quantitative estimate of drug-likeness (QED) is 0.680. The fraction of sp³-hybridized carbons (Fsp3) is 0.273. The number of hydrogen-bond donors (Lipinski definition) is 3. The minimum Gasteiger partial charge on any atom is -0.388 e. The molecule has 0 saturated carbocycles. The van der Waals surface area contributed by atoms with Crippen LogP contribution in [0.3, 0.4) is 0 Å². The van der Waals surface area contributed by atoms with Gasteiger partial charge in [0.1, 0.15) is 0 Å². The zero-order valence-corrected chi connectivity index (χ0v) is 9.78. The molecule has 0 aliphatic heterocycles. The molecule has 0 bridgehead atoms. The summed E-state index contributed by atoms with van der Waals surface area (Å²) in [4.78, 5) is 21.2. The molecule has 0 fully saturated rings. The molecular weight excluding hydrogens is 244 g/mol. The van der Waals surface area contributed by atoms with E-state index in [9.17, 15) is 14.7 Å². The average Bonchev–Trinajstić information content (AvgIpc) is 2.28. The van der Waals surface area contributed by atoms with Gasteiger partial charge in [0.25, 0.3) is 0 Å². The van der Waals surface area contributed by atoms with Crippen molar-refractivity contribution in [3.8, 4) is 0 Å². The molecule has 1 rings (SSSR count). The van der Waals surface area contributed by atoms with Crippen molar-refractivity contribution < 1.29 is 14.7 Å². The van der Waals surface area contributed by atoms with E-state index in [0.29, 0.717) is 10.6 Å². The Hall–Kier alpha value is -1.59. The summed E-state index contributed by atoms with van der Waals surface area (Å²) in [6.07, 6.45) is -0.471. The minimum absolute atomic E-state index is 0.162. The van der Waals surface area contributed by atoms with Crippen molar-refractivity contribution in [2.24, 2.45) is 5.73 Å². The standard InChI is InChI=1S/C11H13ClN2O3/c12-8-3-1-2-7(6-8)9(15)4-5-14-11(17)10(13)16/h1-3,6,9,15H,4-5H2,(H2,13,16)(H,14,17)/t9-/m1/s1. The van der Waals surface area contributed by atoms with Crippen LogP contribution < -0.4 is 11.1 Å². The number of carbonyl (C=O) groups excluding carboxylic acids is 2. The van der Waals surface area contributed by atoms with Gasteiger partial charge >= 0.3 is 11.8 Å². The molecule has 2 amide bonds. The molecule has 1 aromatic rings. The monoisotopic (exact) mass is 256 g/mol. The highest BCUT2D eigenvalue weighted by atomic mass is 35.5. The van der Waals surface area contributed by atoms with Crippen LogP contribution >= 0.6 is 11.6 Å². The van der Waals surface area contributed by atoms with Gasteiger partial charge in [-0.15, -0.1) is 0 Å². The maximum absolute atomic E-state index is 10.8. The molecular formula is C11H13ClN2O3. The van der Waals surface area contributed by atoms with Crippen LogP contribution in [0.2, 0.25) is 5.02 Å². The minimum atomic E-state index is -1.04. The summed E-state index contributed by atoms with van der Waals surface area (Å²) in [6, 6.07) is 6.80. The Morgan fingerprint density at radius 3 is 2.76 bits per heavy atom. The van der Waals surface area contributed by atoms with Crippen LogP contribution in [-0.2, 0) is 9.59 Å². The number of nitrogens with two attached hydrogens (primary N) is 1. The van der Waals surface area contributed by atoms with E-state index in [1.54, 1.807) is 24.3 Å². The number of nitrogens with one attached hydrogen (secondary N) is 1. The van der Waals surface area contributed by atoms with Crippen molar-refractivity contribution in [2.45, 2.75) is 12.5 Å². The van der Waals surface area contributed by atoms with Crippen molar-refractivity contribution in [1.29, 1.82) is 0 Å². The van der Waals surface area contributed by atoms with E-state index in [1.807, 2.05) is 0 Å². The number of benzene rings is 1. The second kappa shape index (κ2) is 6.22. The molecule has 0 heterocycles. The summed E-state index contributed by atoms with van der Waals surface area (Å²) in [5, 5.41) is 12.6. The molecule has 17 heavy (non-hydrogen) atoms. The molecule has 0 radical (unpaired) electrons. The Bertz CT molecular complexity index is 423. The molecule has 0 unspecified atom stereocenters. The average molecular weight is 257 g/mol. The Kier molecular flexibility index (Phi) is 4.93. The van der Waals surface area contributed by atoms with E-state index >= 15 is 0 Å². The second-order valence-electron chi connectivity index (χ2n) is 3.48. The molecule has 6 heteroatoms. The van der Waals surface area contributed by atoms with Crippen molar-refractivity contribution in [2.75, 3.05) is 6.54 Å². The van der Waals surface area contributed by atoms with E-state index in [1.165, 1.54) is 0 Å². The maximum atomic E-state index is 10.8. The summed E-state index contributed by atoms with van der Waals surface area (Å²) in [5.41, 5.74) is 5.41. The number of aliphatic hydroxyl groups excluding tert-OH is 1. The topological polar surface area (TPSA) is 92.4 Å². The SMILES string of the molecule is NC(=O)C(=O)NCC[C@@H](O)c1cccc(Cl)c1. The molecule has 0 saturated heterocycles. The summed E-state index contributed by atoms with van der Waals surface area (Å²) in [6.45, 7) is 0.162. The van der Waals surface area contributed by atoms with E-state index in [-0.39, 0.29) is 13.0 Å². The smallest absolute Gasteiger partial charge is 0.309 e. The lowest BCUT2D eigenvalue weighted by atomic mass is 10.1. The van der Waals surface area contributed by atoms with Gasteiger partial charge in [-0.3, -0.25) is 9.59 Å². The number of hydrogen-bond acceptors (Lipinski definition) is 3. The molecule has 0 aliphatic carbocycles. The lowest BCUT2D eigenvalue weighted by molar-refractivity contribution is -0.137. The van der Waals surface area contributed by atoms with E-state index in [2.05, 4.69) is 5.32 Å². The normalized spacial score (nSPS) is 11.9. The highest BCUT2D eigenvalue weighted by Gasteiger charge is 2.11. The van der Waals surface area contributed by atoms with Crippen molar-refractivity contribution in [1.82, 2.24) is 5.32 Å². The van der Waals surface area contributed by atoms with Gasteiger partial charge in [0.15, 0.2) is 0 Å². The fourth-order valence-corrected chi connectivity index (χ4v) is 1.49. The zero-order valence-electron chi connectivity index (χ0n) is 9.02. The summed E-state index contributed by atoms with van der Waals surface area (Å²) >= 11 is 5.77. The van der Waals surface area contributed by atoms with Crippen molar-refractivity contribution >= 4 is 23.4 Å². The Morgan fingerprint density at radius 1 is 1.47 bits per heavy atom. The molecule has 5 nitrogen and oxygen atoms in total. The number of aliphatic hydroxyl groups is 1.